The molecule has 16 heteroatoms. The van der Waals surface area contributed by atoms with Gasteiger partial charge in [-0.05, 0) is 81.6 Å². The minimum atomic E-state index is -4.76. The molecule has 6 aromatic rings. The number of aromatic nitrogens is 5. The van der Waals surface area contributed by atoms with E-state index in [2.05, 4.69) is 10.3 Å². The smallest absolute Gasteiger partial charge is 0.210 e. The first-order valence-electron chi connectivity index (χ1n) is 17.1. The summed E-state index contributed by atoms with van der Waals surface area (Å²) in [7, 11) is -9.41. The van der Waals surface area contributed by atoms with Gasteiger partial charge in [-0.2, -0.15) is 0 Å². The van der Waals surface area contributed by atoms with Gasteiger partial charge in [0.05, 0.1) is 21.6 Å². The van der Waals surface area contributed by atoms with Crippen LogP contribution in [0.25, 0.3) is 33.6 Å². The van der Waals surface area contributed by atoms with Gasteiger partial charge in [-0.3, -0.25) is 4.57 Å². The average molecular weight is 756 g/mol. The van der Waals surface area contributed by atoms with Crippen LogP contribution in [0.15, 0.2) is 95.0 Å². The third kappa shape index (κ3) is 5.99. The van der Waals surface area contributed by atoms with Gasteiger partial charge in [0, 0.05) is 23.5 Å². The molecule has 1 unspecified atom stereocenters. The molecule has 5 N–H and O–H groups in total. The third-order valence-electron chi connectivity index (χ3n) is 10.1. The summed E-state index contributed by atoms with van der Waals surface area (Å²) in [6.45, 7) is 3.55. The molecule has 0 amide bonds. The van der Waals surface area contributed by atoms with Crippen LogP contribution >= 0.6 is 0 Å². The second-order valence-electron chi connectivity index (χ2n) is 13.8. The van der Waals surface area contributed by atoms with Crippen LogP contribution in [-0.4, -0.2) is 74.1 Å². The predicted octanol–water partition coefficient (Wildman–Crippen LogP) is 4.45. The van der Waals surface area contributed by atoms with Gasteiger partial charge in [0.25, 0.3) is 0 Å². The number of aliphatic hydroxyl groups is 2. The molecule has 0 bridgehead atoms. The highest BCUT2D eigenvalue weighted by Crippen LogP contribution is 2.47. The summed E-state index contributed by atoms with van der Waals surface area (Å²) in [6.07, 6.45) is 0.139. The van der Waals surface area contributed by atoms with Crippen molar-refractivity contribution in [2.75, 3.05) is 11.1 Å². The lowest BCUT2D eigenvalue weighted by Gasteiger charge is -2.30. The standard InChI is InChI=1S/C37H37N7O7S2/c1-21-6-12-26(13-7-21)52(47,48)36(45)32-37(46,53(49,50)27-14-8-22(2)9-15-27)19-30(51-32)44-20-39-31-34(40-25-4-3-5-25)42-33(43-35(31)44)29-16-10-23-18-24(38)11-17-28(23)41-29/h6-18,20,25,30,32,36,45-46H,3-5,19,38H2,1-2H3,(H,40,42,43)/t30-,32-,36?,37-/m1/s1. The summed E-state index contributed by atoms with van der Waals surface area (Å²) in [6, 6.07) is 20.6. The summed E-state index contributed by atoms with van der Waals surface area (Å²) in [5, 5.41) is 28.1. The second kappa shape index (κ2) is 12.8. The van der Waals surface area contributed by atoms with E-state index in [1.165, 1.54) is 35.2 Å². The van der Waals surface area contributed by atoms with E-state index in [4.69, 9.17) is 25.4 Å². The van der Waals surface area contributed by atoms with E-state index in [9.17, 15) is 27.0 Å². The van der Waals surface area contributed by atoms with E-state index in [0.717, 1.165) is 35.8 Å². The van der Waals surface area contributed by atoms with E-state index in [0.29, 0.717) is 28.2 Å². The van der Waals surface area contributed by atoms with Crippen molar-refractivity contribution in [3.63, 3.8) is 0 Å². The van der Waals surface area contributed by atoms with E-state index < -0.39 is 48.8 Å². The molecule has 1 saturated carbocycles. The van der Waals surface area contributed by atoms with E-state index in [1.807, 2.05) is 12.1 Å². The Bertz CT molecular complexity index is 2600. The Hall–Kier alpha value is -5.00. The zero-order valence-electron chi connectivity index (χ0n) is 28.8. The SMILES string of the molecule is Cc1ccc(S(=O)(=O)C(O)[C@H]2O[C@@H](n3cnc4c(NC5CCC5)nc(-c5ccc6cc(N)ccc6n5)nc43)C[C@@]2(O)S(=O)(=O)c2ccc(C)cc2)cc1. The number of aryl methyl sites for hydroxylation is 2. The maximum atomic E-state index is 14.3. The minimum Gasteiger partial charge on any atom is -0.399 e. The molecule has 2 aliphatic rings. The monoisotopic (exact) mass is 755 g/mol. The van der Waals surface area contributed by atoms with Gasteiger partial charge in [-0.15, -0.1) is 0 Å². The lowest BCUT2D eigenvalue weighted by Crippen LogP contribution is -2.53. The minimum absolute atomic E-state index is 0.151. The van der Waals surface area contributed by atoms with Crippen LogP contribution in [0.4, 0.5) is 11.5 Å². The fraction of sp³-hybridized carbons (Fsp3) is 0.297. The van der Waals surface area contributed by atoms with Crippen LogP contribution in [0.2, 0.25) is 0 Å². The van der Waals surface area contributed by atoms with Crippen molar-refractivity contribution in [1.29, 1.82) is 0 Å². The van der Waals surface area contributed by atoms with Gasteiger partial charge in [-0.25, -0.2) is 36.8 Å². The van der Waals surface area contributed by atoms with Crippen LogP contribution in [-0.2, 0) is 24.4 Å². The number of nitrogens with zero attached hydrogens (tertiary/aromatic N) is 5. The molecule has 2 fully saturated rings. The molecule has 1 aliphatic heterocycles. The number of hydrogen-bond donors (Lipinski definition) is 4. The number of pyridine rings is 1. The summed E-state index contributed by atoms with van der Waals surface area (Å²) in [4.78, 5) is 15.5. The Balaban J connectivity index is 1.25. The van der Waals surface area contributed by atoms with Crippen LogP contribution in [0.3, 0.4) is 0 Å². The molecule has 53 heavy (non-hydrogen) atoms. The molecule has 0 radical (unpaired) electrons. The summed E-state index contributed by atoms with van der Waals surface area (Å²) < 4.78 is 63.9. The molecule has 1 aliphatic carbocycles. The lowest BCUT2D eigenvalue weighted by atomic mass is 9.93. The fourth-order valence-corrected chi connectivity index (χ4v) is 9.97. The zero-order chi connectivity index (χ0) is 37.3. The molecule has 1 saturated heterocycles. The van der Waals surface area contributed by atoms with Gasteiger partial charge >= 0.3 is 0 Å². The number of rotatable bonds is 9. The number of anilines is 2. The van der Waals surface area contributed by atoms with Gasteiger partial charge in [0.15, 0.2) is 28.2 Å². The lowest BCUT2D eigenvalue weighted by molar-refractivity contribution is -0.0667. The number of hydrogen-bond acceptors (Lipinski definition) is 13. The van der Waals surface area contributed by atoms with E-state index in [1.54, 1.807) is 56.3 Å². The van der Waals surface area contributed by atoms with Crippen LogP contribution in [0.5, 0.6) is 0 Å². The normalized spacial score (nSPS) is 21.5. The third-order valence-corrected chi connectivity index (χ3v) is 14.1. The van der Waals surface area contributed by atoms with E-state index >= 15 is 0 Å². The summed E-state index contributed by atoms with van der Waals surface area (Å²) >= 11 is 0. The number of nitrogens with two attached hydrogens (primary N) is 1. The molecule has 3 aromatic carbocycles. The number of ether oxygens (including phenoxy) is 1. The number of imidazole rings is 1. The summed E-state index contributed by atoms with van der Waals surface area (Å²) in [5.74, 6) is 0.658. The highest BCUT2D eigenvalue weighted by atomic mass is 32.2. The zero-order valence-corrected chi connectivity index (χ0v) is 30.4. The van der Waals surface area contributed by atoms with Crippen molar-refractivity contribution in [2.45, 2.75) is 78.1 Å². The first-order chi connectivity index (χ1) is 25.2. The Morgan fingerprint density at radius 2 is 1.58 bits per heavy atom. The van der Waals surface area contributed by atoms with Crippen LogP contribution in [0, 0.1) is 13.8 Å². The fourth-order valence-electron chi connectivity index (χ4n) is 6.72. The first kappa shape index (κ1) is 35.1. The van der Waals surface area contributed by atoms with Gasteiger partial charge in [0.2, 0.25) is 24.6 Å². The molecule has 274 valence electrons. The van der Waals surface area contributed by atoms with Gasteiger partial charge < -0.3 is 26.0 Å². The summed E-state index contributed by atoms with van der Waals surface area (Å²) in [5.41, 5.74) is 7.30. The molecule has 4 atom stereocenters. The molecule has 8 rings (SSSR count). The maximum absolute atomic E-state index is 14.3. The van der Waals surface area contributed by atoms with E-state index in [-0.39, 0.29) is 27.3 Å². The Morgan fingerprint density at radius 3 is 2.25 bits per heavy atom. The number of nitrogens with one attached hydrogen (secondary N) is 1. The number of aliphatic hydroxyl groups excluding tert-OH is 1. The van der Waals surface area contributed by atoms with Crippen molar-refractivity contribution >= 4 is 53.2 Å². The van der Waals surface area contributed by atoms with Crippen molar-refractivity contribution in [3.05, 3.63) is 96.3 Å². The Morgan fingerprint density at radius 1 is 0.906 bits per heavy atom. The van der Waals surface area contributed by atoms with Crippen molar-refractivity contribution in [1.82, 2.24) is 24.5 Å². The highest BCUT2D eigenvalue weighted by Gasteiger charge is 2.62. The number of fused-ring (bicyclic) bond motifs is 2. The van der Waals surface area contributed by atoms with Crippen LogP contribution < -0.4 is 11.1 Å². The van der Waals surface area contributed by atoms with Crippen LogP contribution in [0.1, 0.15) is 43.0 Å². The maximum Gasteiger partial charge on any atom is 0.210 e. The number of nitrogen functional groups attached to an aromatic ring is 1. The predicted molar refractivity (Wildman–Crippen MR) is 198 cm³/mol. The van der Waals surface area contributed by atoms with Gasteiger partial charge in [-0.1, -0.05) is 41.5 Å². The highest BCUT2D eigenvalue weighted by molar-refractivity contribution is 7.93. The molecular weight excluding hydrogens is 719 g/mol. The largest absolute Gasteiger partial charge is 0.399 e. The van der Waals surface area contributed by atoms with Crippen molar-refractivity contribution in [2.24, 2.45) is 0 Å². The molecule has 14 nitrogen and oxygen atoms in total. The Kier molecular flexibility index (Phi) is 8.49. The molecule has 0 spiro atoms. The van der Waals surface area contributed by atoms with Crippen molar-refractivity contribution < 1.29 is 31.8 Å². The topological polar surface area (TPSA) is 213 Å². The second-order valence-corrected chi connectivity index (χ2v) is 18.0. The first-order valence-corrected chi connectivity index (χ1v) is 20.1. The Labute approximate surface area is 305 Å². The molecule has 3 aromatic heterocycles. The van der Waals surface area contributed by atoms with Gasteiger partial charge in [0.1, 0.15) is 18.0 Å². The van der Waals surface area contributed by atoms with Crippen molar-refractivity contribution in [3.8, 4) is 11.5 Å². The quantitative estimate of drug-likeness (QED) is 0.150. The average Bonchev–Trinajstić information content (AvgIpc) is 3.71. The number of benzene rings is 3. The molecular formula is C37H37N7O7S2. The number of sulfone groups is 2. The molecule has 4 heterocycles.